The first-order valence-corrected chi connectivity index (χ1v) is 9.30. The topological polar surface area (TPSA) is 61.4 Å². The van der Waals surface area contributed by atoms with Gasteiger partial charge in [0.05, 0.1) is 12.5 Å². The molecule has 2 heterocycles. The van der Waals surface area contributed by atoms with Crippen molar-refractivity contribution in [3.05, 3.63) is 0 Å². The van der Waals surface area contributed by atoms with Gasteiger partial charge in [0.2, 0.25) is 0 Å². The third-order valence-electron chi connectivity index (χ3n) is 4.31. The van der Waals surface area contributed by atoms with E-state index in [1.807, 2.05) is 6.92 Å². The number of esters is 1. The van der Waals surface area contributed by atoms with Crippen LogP contribution in [0.5, 0.6) is 0 Å². The van der Waals surface area contributed by atoms with Crippen molar-refractivity contribution in [2.24, 2.45) is 5.92 Å². The van der Waals surface area contributed by atoms with E-state index in [1.54, 1.807) is 0 Å². The molecular formula is C13H24N3O3P. The lowest BCUT2D eigenvalue weighted by atomic mass is 9.86. The average molecular weight is 301 g/mol. The molecule has 0 aromatic rings. The number of nitrogens with zero attached hydrogens (tertiary/aromatic N) is 2. The maximum atomic E-state index is 13.0. The van der Waals surface area contributed by atoms with Gasteiger partial charge >= 0.3 is 5.97 Å². The molecule has 1 aliphatic carbocycles. The Bertz CT molecular complexity index is 399. The highest BCUT2D eigenvalue weighted by Crippen LogP contribution is 2.57. The van der Waals surface area contributed by atoms with E-state index in [0.29, 0.717) is 6.61 Å². The highest BCUT2D eigenvalue weighted by molar-refractivity contribution is 7.57. The van der Waals surface area contributed by atoms with E-state index in [2.05, 4.69) is 14.4 Å². The number of nitrogens with one attached hydrogen (secondary N) is 1. The Labute approximate surface area is 120 Å². The van der Waals surface area contributed by atoms with E-state index in [0.717, 1.165) is 51.9 Å². The summed E-state index contributed by atoms with van der Waals surface area (Å²) in [5.41, 5.74) is 0. The Morgan fingerprint density at radius 3 is 2.15 bits per heavy atom. The van der Waals surface area contributed by atoms with Gasteiger partial charge in [0, 0.05) is 32.2 Å². The standard InChI is InChI=1S/C13H24N3O3P/c1-2-19-13(17)11-3-5-12(6-4-11)14-20(18,15-7-8-15)16-9-10-16/h11-12H,2-10H2,1H3,(H,14,18). The molecule has 3 rings (SSSR count). The molecule has 2 aliphatic heterocycles. The van der Waals surface area contributed by atoms with Crippen molar-refractivity contribution in [3.8, 4) is 0 Å². The van der Waals surface area contributed by atoms with E-state index in [9.17, 15) is 9.36 Å². The van der Waals surface area contributed by atoms with Gasteiger partial charge in [-0.2, -0.15) is 0 Å². The van der Waals surface area contributed by atoms with E-state index in [-0.39, 0.29) is 17.9 Å². The number of carbonyl (C=O) groups is 1. The minimum atomic E-state index is -2.47. The average Bonchev–Trinajstić information content (AvgIpc) is 3.32. The molecule has 20 heavy (non-hydrogen) atoms. The van der Waals surface area contributed by atoms with Gasteiger partial charge < -0.3 is 4.74 Å². The molecule has 0 spiro atoms. The largest absolute Gasteiger partial charge is 0.466 e. The normalized spacial score (nSPS) is 31.1. The first-order chi connectivity index (χ1) is 9.63. The van der Waals surface area contributed by atoms with Crippen LogP contribution in [-0.2, 0) is 14.1 Å². The smallest absolute Gasteiger partial charge is 0.308 e. The van der Waals surface area contributed by atoms with Gasteiger partial charge in [-0.1, -0.05) is 0 Å². The number of ether oxygens (including phenoxy) is 1. The zero-order chi connectivity index (χ0) is 14.2. The molecule has 1 N–H and O–H groups in total. The molecule has 0 unspecified atom stereocenters. The van der Waals surface area contributed by atoms with Crippen LogP contribution in [0.2, 0.25) is 0 Å². The van der Waals surface area contributed by atoms with Crippen LogP contribution in [0.4, 0.5) is 0 Å². The molecular weight excluding hydrogens is 277 g/mol. The lowest BCUT2D eigenvalue weighted by molar-refractivity contribution is -0.149. The summed E-state index contributed by atoms with van der Waals surface area (Å²) >= 11 is 0. The van der Waals surface area contributed by atoms with Crippen molar-refractivity contribution < 1.29 is 14.1 Å². The minimum Gasteiger partial charge on any atom is -0.466 e. The molecule has 3 fully saturated rings. The molecule has 1 saturated carbocycles. The number of rotatable bonds is 6. The third kappa shape index (κ3) is 3.08. The number of carbonyl (C=O) groups excluding carboxylic acids is 1. The van der Waals surface area contributed by atoms with Crippen LogP contribution in [0.25, 0.3) is 0 Å². The maximum Gasteiger partial charge on any atom is 0.308 e. The second-order valence-electron chi connectivity index (χ2n) is 5.88. The molecule has 3 aliphatic rings. The highest BCUT2D eigenvalue weighted by Gasteiger charge is 2.49. The number of hydrogen-bond acceptors (Lipinski definition) is 3. The highest BCUT2D eigenvalue weighted by atomic mass is 31.2. The fraction of sp³-hybridized carbons (Fsp3) is 0.923. The van der Waals surface area contributed by atoms with Gasteiger partial charge in [-0.25, -0.2) is 14.4 Å². The SMILES string of the molecule is CCOC(=O)C1CCC(NP(=O)(N2CC2)N2CC2)CC1. The summed E-state index contributed by atoms with van der Waals surface area (Å²) in [6.07, 6.45) is 3.51. The second-order valence-corrected chi connectivity index (χ2v) is 8.36. The lowest BCUT2D eigenvalue weighted by Crippen LogP contribution is -2.36. The summed E-state index contributed by atoms with van der Waals surface area (Å²) in [5, 5.41) is 3.40. The molecule has 0 atom stereocenters. The Morgan fingerprint density at radius 2 is 1.70 bits per heavy atom. The molecule has 7 heteroatoms. The van der Waals surface area contributed by atoms with E-state index < -0.39 is 7.59 Å². The van der Waals surface area contributed by atoms with Gasteiger partial charge in [-0.05, 0) is 32.6 Å². The van der Waals surface area contributed by atoms with Crippen LogP contribution in [0.3, 0.4) is 0 Å². The molecule has 114 valence electrons. The molecule has 0 aromatic heterocycles. The summed E-state index contributed by atoms with van der Waals surface area (Å²) in [7, 11) is -2.47. The van der Waals surface area contributed by atoms with Gasteiger partial charge in [0.1, 0.15) is 0 Å². The molecule has 2 saturated heterocycles. The van der Waals surface area contributed by atoms with Crippen molar-refractivity contribution in [2.75, 3.05) is 32.8 Å². The zero-order valence-electron chi connectivity index (χ0n) is 12.1. The quantitative estimate of drug-likeness (QED) is 0.455. The molecule has 0 aromatic carbocycles. The molecule has 0 amide bonds. The van der Waals surface area contributed by atoms with Gasteiger partial charge in [-0.3, -0.25) is 9.36 Å². The van der Waals surface area contributed by atoms with Crippen LogP contribution in [0.15, 0.2) is 0 Å². The van der Waals surface area contributed by atoms with Crippen LogP contribution in [0.1, 0.15) is 32.6 Å². The Balaban J connectivity index is 1.51. The van der Waals surface area contributed by atoms with Crippen LogP contribution in [0, 0.1) is 5.92 Å². The fourth-order valence-corrected chi connectivity index (χ4v) is 5.61. The molecule has 6 nitrogen and oxygen atoms in total. The third-order valence-corrected chi connectivity index (χ3v) is 7.35. The van der Waals surface area contributed by atoms with Crippen molar-refractivity contribution in [2.45, 2.75) is 38.6 Å². The second kappa shape index (κ2) is 5.76. The predicted molar refractivity (Wildman–Crippen MR) is 76.3 cm³/mol. The summed E-state index contributed by atoms with van der Waals surface area (Å²) in [4.78, 5) is 11.7. The Hall–Kier alpha value is -0.420. The van der Waals surface area contributed by atoms with E-state index >= 15 is 0 Å². The van der Waals surface area contributed by atoms with Crippen LogP contribution in [-0.4, -0.2) is 54.1 Å². The van der Waals surface area contributed by atoms with Crippen LogP contribution >= 0.6 is 7.59 Å². The summed E-state index contributed by atoms with van der Waals surface area (Å²) in [5.74, 6) is -0.0270. The Morgan fingerprint density at radius 1 is 1.15 bits per heavy atom. The predicted octanol–water partition coefficient (Wildman–Crippen LogP) is 1.44. The summed E-state index contributed by atoms with van der Waals surface area (Å²) in [6, 6.07) is 0.271. The van der Waals surface area contributed by atoms with Crippen LogP contribution < -0.4 is 5.09 Å². The lowest BCUT2D eigenvalue weighted by Gasteiger charge is -2.32. The van der Waals surface area contributed by atoms with Crippen molar-refractivity contribution >= 4 is 13.6 Å². The van der Waals surface area contributed by atoms with Gasteiger partial charge in [-0.15, -0.1) is 0 Å². The summed E-state index contributed by atoms with van der Waals surface area (Å²) < 4.78 is 22.2. The Kier molecular flexibility index (Phi) is 4.18. The van der Waals surface area contributed by atoms with Crippen molar-refractivity contribution in [1.82, 2.24) is 14.4 Å². The first kappa shape index (κ1) is 14.5. The van der Waals surface area contributed by atoms with Gasteiger partial charge in [0.25, 0.3) is 7.59 Å². The van der Waals surface area contributed by atoms with Crippen molar-refractivity contribution in [1.29, 1.82) is 0 Å². The fourth-order valence-electron chi connectivity index (χ4n) is 2.93. The van der Waals surface area contributed by atoms with E-state index in [1.165, 1.54) is 0 Å². The monoisotopic (exact) mass is 301 g/mol. The molecule has 0 bridgehead atoms. The maximum absolute atomic E-state index is 13.0. The number of hydrogen-bond donors (Lipinski definition) is 1. The van der Waals surface area contributed by atoms with Gasteiger partial charge in [0.15, 0.2) is 0 Å². The first-order valence-electron chi connectivity index (χ1n) is 7.69. The molecule has 0 radical (unpaired) electrons. The van der Waals surface area contributed by atoms with Crippen molar-refractivity contribution in [3.63, 3.8) is 0 Å². The minimum absolute atomic E-state index is 0.0369. The zero-order valence-corrected chi connectivity index (χ0v) is 13.0. The van der Waals surface area contributed by atoms with E-state index in [4.69, 9.17) is 4.74 Å². The summed E-state index contributed by atoms with van der Waals surface area (Å²) in [6.45, 7) is 6.07.